The Morgan fingerprint density at radius 2 is 1.94 bits per heavy atom. The lowest BCUT2D eigenvalue weighted by molar-refractivity contribution is 0.337. The number of rotatable bonds is 8. The van der Waals surface area contributed by atoms with Gasteiger partial charge in [0.05, 0.1) is 30.1 Å². The maximum Gasteiger partial charge on any atom is 0.158 e. The van der Waals surface area contributed by atoms with Gasteiger partial charge in [0.2, 0.25) is 0 Å². The summed E-state index contributed by atoms with van der Waals surface area (Å²) in [5.74, 6) is 0.969. The number of nitrogens with zero attached hydrogens (tertiary/aromatic N) is 6. The molecule has 0 spiro atoms. The predicted octanol–water partition coefficient (Wildman–Crippen LogP) is 5.79. The Labute approximate surface area is 198 Å². The minimum absolute atomic E-state index is 0.277. The van der Waals surface area contributed by atoms with Gasteiger partial charge in [-0.2, -0.15) is 10.4 Å². The van der Waals surface area contributed by atoms with E-state index in [0.717, 1.165) is 35.4 Å². The lowest BCUT2D eigenvalue weighted by atomic mass is 9.98. The largest absolute Gasteiger partial charge is 0.352 e. The molecule has 3 heterocycles. The third kappa shape index (κ3) is 5.32. The van der Waals surface area contributed by atoms with Gasteiger partial charge in [-0.3, -0.25) is 4.68 Å². The molecule has 0 aliphatic rings. The molecule has 0 fully saturated rings. The third-order valence-corrected chi connectivity index (χ3v) is 5.49. The highest BCUT2D eigenvalue weighted by atomic mass is 35.5. The normalized spacial score (nSPS) is 11.8. The molecule has 0 atom stereocenters. The number of halogens is 2. The van der Waals surface area contributed by atoms with Crippen LogP contribution in [0.25, 0.3) is 11.0 Å². The van der Waals surface area contributed by atoms with E-state index in [-0.39, 0.29) is 10.3 Å². The zero-order chi connectivity index (χ0) is 23.4. The van der Waals surface area contributed by atoms with Crippen LogP contribution in [-0.4, -0.2) is 31.2 Å². The van der Waals surface area contributed by atoms with Gasteiger partial charge < -0.3 is 10.2 Å². The van der Waals surface area contributed by atoms with Crippen LogP contribution in [0, 0.1) is 18.3 Å². The summed E-state index contributed by atoms with van der Waals surface area (Å²) in [6, 6.07) is 7.62. The molecule has 0 aliphatic heterocycles. The van der Waals surface area contributed by atoms with Crippen molar-refractivity contribution in [3.05, 3.63) is 57.4 Å². The lowest BCUT2D eigenvalue weighted by Crippen LogP contribution is -2.28. The molecular weight excluding hydrogens is 445 g/mol. The van der Waals surface area contributed by atoms with E-state index in [1.165, 1.54) is 11.6 Å². The van der Waals surface area contributed by atoms with Crippen LogP contribution in [0.5, 0.6) is 0 Å². The van der Waals surface area contributed by atoms with E-state index in [1.807, 2.05) is 18.7 Å². The van der Waals surface area contributed by atoms with E-state index in [0.29, 0.717) is 24.0 Å². The molecule has 3 aromatic rings. The first-order chi connectivity index (χ1) is 15.2. The molecule has 0 aliphatic carbocycles. The highest BCUT2D eigenvalue weighted by Crippen LogP contribution is 2.29. The van der Waals surface area contributed by atoms with Crippen molar-refractivity contribution in [1.29, 1.82) is 5.26 Å². The number of aromatic nitrogens is 4. The van der Waals surface area contributed by atoms with Crippen LogP contribution in [-0.2, 0) is 13.6 Å². The number of pyridine rings is 2. The Balaban J connectivity index is 2.00. The van der Waals surface area contributed by atoms with Crippen molar-refractivity contribution in [3.8, 4) is 6.07 Å². The van der Waals surface area contributed by atoms with E-state index in [9.17, 15) is 5.26 Å². The van der Waals surface area contributed by atoms with E-state index in [4.69, 9.17) is 28.2 Å². The quantitative estimate of drug-likeness (QED) is 0.330. The molecule has 168 valence electrons. The second kappa shape index (κ2) is 10.2. The Morgan fingerprint density at radius 3 is 2.53 bits per heavy atom. The fraction of sp³-hybridized carbons (Fsp3) is 0.391. The molecular formula is C23H27Cl2N7. The monoisotopic (exact) mass is 471 g/mol. The second-order valence-corrected chi connectivity index (χ2v) is 8.75. The van der Waals surface area contributed by atoms with Crippen LogP contribution in [0.1, 0.15) is 50.1 Å². The van der Waals surface area contributed by atoms with Crippen LogP contribution in [0.2, 0.25) is 10.3 Å². The van der Waals surface area contributed by atoms with Gasteiger partial charge in [0.25, 0.3) is 0 Å². The maximum atomic E-state index is 9.42. The summed E-state index contributed by atoms with van der Waals surface area (Å²) in [7, 11) is 1.92. The van der Waals surface area contributed by atoms with Gasteiger partial charge in [-0.15, -0.1) is 0 Å². The van der Waals surface area contributed by atoms with Crippen LogP contribution in [0.15, 0.2) is 30.1 Å². The second-order valence-electron chi connectivity index (χ2n) is 7.97. The fourth-order valence-corrected chi connectivity index (χ4v) is 4.23. The highest BCUT2D eigenvalue weighted by molar-refractivity contribution is 6.32. The number of allylic oxidation sites excluding steroid dienone is 1. The maximum absolute atomic E-state index is 9.42. The van der Waals surface area contributed by atoms with E-state index >= 15 is 0 Å². The highest BCUT2D eigenvalue weighted by Gasteiger charge is 2.18. The number of nitrogens with one attached hydrogen (secondary N) is 1. The number of nitriles is 1. The summed E-state index contributed by atoms with van der Waals surface area (Å²) in [4.78, 5) is 11.0. The molecule has 0 aromatic carbocycles. The molecule has 0 unspecified atom stereocenters. The average Bonchev–Trinajstić information content (AvgIpc) is 2.99. The fourth-order valence-electron chi connectivity index (χ4n) is 3.77. The number of anilines is 1. The SMILES string of the molecule is CCCN(Cc1cc(C(C)C)c2c(C)nn(C)c2n1)/C(=C/C#N)Nc1cc(Cl)nc(Cl)c1. The summed E-state index contributed by atoms with van der Waals surface area (Å²) < 4.78 is 1.83. The molecule has 0 saturated heterocycles. The van der Waals surface area contributed by atoms with Gasteiger partial charge in [0, 0.05) is 24.7 Å². The lowest BCUT2D eigenvalue weighted by Gasteiger charge is -2.27. The van der Waals surface area contributed by atoms with Gasteiger partial charge in [-0.1, -0.05) is 44.0 Å². The third-order valence-electron chi connectivity index (χ3n) is 5.10. The van der Waals surface area contributed by atoms with Crippen molar-refractivity contribution in [3.63, 3.8) is 0 Å². The molecule has 32 heavy (non-hydrogen) atoms. The summed E-state index contributed by atoms with van der Waals surface area (Å²) >= 11 is 12.1. The summed E-state index contributed by atoms with van der Waals surface area (Å²) in [6.45, 7) is 9.72. The molecule has 9 heteroatoms. The van der Waals surface area contributed by atoms with E-state index < -0.39 is 0 Å². The smallest absolute Gasteiger partial charge is 0.158 e. The summed E-state index contributed by atoms with van der Waals surface area (Å²) in [6.07, 6.45) is 2.38. The van der Waals surface area contributed by atoms with Gasteiger partial charge in [0.1, 0.15) is 16.1 Å². The zero-order valence-corrected chi connectivity index (χ0v) is 20.5. The molecule has 7 nitrogen and oxygen atoms in total. The zero-order valence-electron chi connectivity index (χ0n) is 18.9. The van der Waals surface area contributed by atoms with Crippen LogP contribution >= 0.6 is 23.2 Å². The Morgan fingerprint density at radius 1 is 1.25 bits per heavy atom. The Hall–Kier alpha value is -2.82. The molecule has 0 amide bonds. The standard InChI is InChI=1S/C23H27Cl2N7/c1-6-9-32(21(7-8-26)27-16-11-19(24)29-20(25)12-16)13-17-10-18(14(2)3)22-15(4)30-31(5)23(22)28-17/h7,10-12,14H,6,9,13H2,1-5H3,(H,27,29)/b21-7+. The van der Waals surface area contributed by atoms with Crippen molar-refractivity contribution in [2.45, 2.75) is 46.6 Å². The molecule has 0 bridgehead atoms. The van der Waals surface area contributed by atoms with Gasteiger partial charge in [-0.25, -0.2) is 9.97 Å². The van der Waals surface area contributed by atoms with Crippen molar-refractivity contribution in [2.75, 3.05) is 11.9 Å². The first-order valence-electron chi connectivity index (χ1n) is 10.5. The van der Waals surface area contributed by atoms with Crippen molar-refractivity contribution in [1.82, 2.24) is 24.6 Å². The molecule has 0 radical (unpaired) electrons. The molecule has 0 saturated carbocycles. The summed E-state index contributed by atoms with van der Waals surface area (Å²) in [5, 5.41) is 18.9. The van der Waals surface area contributed by atoms with Crippen molar-refractivity contribution in [2.24, 2.45) is 7.05 Å². The number of aryl methyl sites for hydroxylation is 2. The minimum atomic E-state index is 0.277. The number of fused-ring (bicyclic) bond motifs is 1. The molecule has 3 rings (SSSR count). The summed E-state index contributed by atoms with van der Waals surface area (Å²) in [5.41, 5.74) is 4.64. The molecule has 1 N–H and O–H groups in total. The average molecular weight is 472 g/mol. The van der Waals surface area contributed by atoms with Gasteiger partial charge in [-0.05, 0) is 43.0 Å². The predicted molar refractivity (Wildman–Crippen MR) is 130 cm³/mol. The van der Waals surface area contributed by atoms with E-state index in [2.05, 4.69) is 53.2 Å². The first-order valence-corrected chi connectivity index (χ1v) is 11.3. The van der Waals surface area contributed by atoms with Crippen molar-refractivity contribution < 1.29 is 0 Å². The Bertz CT molecular complexity index is 1170. The first kappa shape index (κ1) is 23.8. The minimum Gasteiger partial charge on any atom is -0.352 e. The van der Waals surface area contributed by atoms with Crippen molar-refractivity contribution >= 4 is 39.9 Å². The number of hydrogen-bond donors (Lipinski definition) is 1. The topological polar surface area (TPSA) is 82.7 Å². The number of hydrogen-bond acceptors (Lipinski definition) is 6. The van der Waals surface area contributed by atoms with Crippen LogP contribution in [0.4, 0.5) is 5.69 Å². The van der Waals surface area contributed by atoms with Gasteiger partial charge in [0.15, 0.2) is 5.65 Å². The van der Waals surface area contributed by atoms with Gasteiger partial charge >= 0.3 is 0 Å². The van der Waals surface area contributed by atoms with E-state index in [1.54, 1.807) is 12.1 Å². The Kier molecular flexibility index (Phi) is 7.60. The molecule has 3 aromatic heterocycles. The van der Waals surface area contributed by atoms with Crippen LogP contribution in [0.3, 0.4) is 0 Å². The van der Waals surface area contributed by atoms with Crippen LogP contribution < -0.4 is 5.32 Å².